The Hall–Kier alpha value is -0.830. The Morgan fingerprint density at radius 2 is 2.06 bits per heavy atom. The van der Waals surface area contributed by atoms with Crippen LogP contribution in [0.25, 0.3) is 0 Å². The Kier molecular flexibility index (Phi) is 5.69. The number of nitrogens with zero attached hydrogens (tertiary/aromatic N) is 2. The lowest BCUT2D eigenvalue weighted by Crippen LogP contribution is -2.30. The molecule has 0 amide bonds. The van der Waals surface area contributed by atoms with Gasteiger partial charge in [-0.2, -0.15) is 5.10 Å². The van der Waals surface area contributed by atoms with Gasteiger partial charge in [0, 0.05) is 24.7 Å². The molecule has 3 heteroatoms. The van der Waals surface area contributed by atoms with Gasteiger partial charge >= 0.3 is 0 Å². The molecular weight excluding hydrogens is 210 g/mol. The topological polar surface area (TPSA) is 29.9 Å². The van der Waals surface area contributed by atoms with Gasteiger partial charge in [0.25, 0.3) is 0 Å². The van der Waals surface area contributed by atoms with Gasteiger partial charge < -0.3 is 5.32 Å². The molecule has 1 rings (SSSR count). The fourth-order valence-corrected chi connectivity index (χ4v) is 2.25. The van der Waals surface area contributed by atoms with E-state index in [-0.39, 0.29) is 0 Å². The molecule has 0 radical (unpaired) electrons. The number of nitrogens with one attached hydrogen (secondary N) is 1. The van der Waals surface area contributed by atoms with Crippen LogP contribution in [0, 0.1) is 5.92 Å². The second kappa shape index (κ2) is 6.80. The highest BCUT2D eigenvalue weighted by atomic mass is 15.3. The molecule has 1 aromatic heterocycles. The zero-order valence-corrected chi connectivity index (χ0v) is 12.0. The first-order chi connectivity index (χ1) is 8.10. The number of likely N-dealkylation sites (N-methyl/N-ethyl adjacent to an activating group) is 1. The van der Waals surface area contributed by atoms with Crippen molar-refractivity contribution in [2.24, 2.45) is 5.92 Å². The average molecular weight is 237 g/mol. The van der Waals surface area contributed by atoms with E-state index in [1.54, 1.807) is 0 Å². The van der Waals surface area contributed by atoms with Crippen molar-refractivity contribution in [2.75, 3.05) is 7.05 Å². The molecule has 1 N–H and O–H groups in total. The van der Waals surface area contributed by atoms with Gasteiger partial charge in [0.05, 0.1) is 5.69 Å². The van der Waals surface area contributed by atoms with Gasteiger partial charge in [-0.1, -0.05) is 20.8 Å². The molecule has 0 aliphatic rings. The van der Waals surface area contributed by atoms with E-state index in [0.717, 1.165) is 25.3 Å². The lowest BCUT2D eigenvalue weighted by atomic mass is 9.99. The van der Waals surface area contributed by atoms with Gasteiger partial charge in [-0.15, -0.1) is 0 Å². The van der Waals surface area contributed by atoms with Crippen LogP contribution < -0.4 is 5.32 Å². The molecule has 0 spiro atoms. The van der Waals surface area contributed by atoms with Crippen LogP contribution >= 0.6 is 0 Å². The van der Waals surface area contributed by atoms with Crippen LogP contribution in [0.2, 0.25) is 0 Å². The van der Waals surface area contributed by atoms with Gasteiger partial charge in [-0.05, 0) is 38.8 Å². The molecule has 1 unspecified atom stereocenters. The van der Waals surface area contributed by atoms with Gasteiger partial charge in [-0.3, -0.25) is 4.68 Å². The Labute approximate surface area is 106 Å². The highest BCUT2D eigenvalue weighted by Crippen LogP contribution is 2.13. The van der Waals surface area contributed by atoms with Gasteiger partial charge in [0.15, 0.2) is 0 Å². The third-order valence-electron chi connectivity index (χ3n) is 3.20. The number of hydrogen-bond acceptors (Lipinski definition) is 2. The molecule has 3 nitrogen and oxygen atoms in total. The van der Waals surface area contributed by atoms with Crippen molar-refractivity contribution in [3.05, 3.63) is 17.5 Å². The molecule has 0 saturated heterocycles. The summed E-state index contributed by atoms with van der Waals surface area (Å²) in [5.74, 6) is 0.732. The molecule has 0 fully saturated rings. The molecule has 0 aromatic carbocycles. The molecule has 98 valence electrons. The van der Waals surface area contributed by atoms with E-state index in [1.807, 2.05) is 0 Å². The van der Waals surface area contributed by atoms with Crippen LogP contribution in [0.5, 0.6) is 0 Å². The summed E-state index contributed by atoms with van der Waals surface area (Å²) >= 11 is 0. The van der Waals surface area contributed by atoms with Gasteiger partial charge in [0.2, 0.25) is 0 Å². The van der Waals surface area contributed by atoms with Crippen LogP contribution in [0.1, 0.15) is 45.5 Å². The Bertz CT molecular complexity index is 328. The highest BCUT2D eigenvalue weighted by molar-refractivity contribution is 5.12. The van der Waals surface area contributed by atoms with E-state index in [2.05, 4.69) is 55.9 Å². The Morgan fingerprint density at radius 3 is 2.53 bits per heavy atom. The maximum Gasteiger partial charge on any atom is 0.0624 e. The Balaban J connectivity index is 2.73. The molecule has 0 saturated carbocycles. The predicted octanol–water partition coefficient (Wildman–Crippen LogP) is 2.64. The third kappa shape index (κ3) is 4.15. The van der Waals surface area contributed by atoms with E-state index in [0.29, 0.717) is 6.04 Å². The van der Waals surface area contributed by atoms with Crippen molar-refractivity contribution in [3.63, 3.8) is 0 Å². The fourth-order valence-electron chi connectivity index (χ4n) is 2.25. The molecule has 0 aliphatic carbocycles. The maximum atomic E-state index is 4.60. The first-order valence-corrected chi connectivity index (χ1v) is 6.83. The summed E-state index contributed by atoms with van der Waals surface area (Å²) in [6.45, 7) is 9.84. The summed E-state index contributed by atoms with van der Waals surface area (Å²) in [5.41, 5.74) is 2.57. The van der Waals surface area contributed by atoms with Crippen molar-refractivity contribution in [1.82, 2.24) is 15.1 Å². The zero-order valence-electron chi connectivity index (χ0n) is 12.0. The number of rotatable bonds is 7. The van der Waals surface area contributed by atoms with E-state index >= 15 is 0 Å². The van der Waals surface area contributed by atoms with Crippen LogP contribution in [0.15, 0.2) is 6.07 Å². The summed E-state index contributed by atoms with van der Waals surface area (Å²) in [6, 6.07) is 2.82. The standard InChI is InChI=1S/C14H27N3/c1-6-12-9-14(17(7-2)16-12)10-13(15-5)8-11(3)4/h9,11,13,15H,6-8,10H2,1-5H3. The summed E-state index contributed by atoms with van der Waals surface area (Å²) < 4.78 is 2.14. The predicted molar refractivity (Wildman–Crippen MR) is 73.3 cm³/mol. The van der Waals surface area contributed by atoms with Crippen molar-refractivity contribution >= 4 is 0 Å². The summed E-state index contributed by atoms with van der Waals surface area (Å²) in [4.78, 5) is 0. The number of aryl methyl sites for hydroxylation is 2. The summed E-state index contributed by atoms with van der Waals surface area (Å²) in [6.07, 6.45) is 3.32. The highest BCUT2D eigenvalue weighted by Gasteiger charge is 2.13. The minimum Gasteiger partial charge on any atom is -0.317 e. The maximum absolute atomic E-state index is 4.60. The monoisotopic (exact) mass is 237 g/mol. The normalized spacial score (nSPS) is 13.3. The number of aromatic nitrogens is 2. The first kappa shape index (κ1) is 14.2. The molecule has 0 bridgehead atoms. The fraction of sp³-hybridized carbons (Fsp3) is 0.786. The van der Waals surface area contributed by atoms with E-state index in [9.17, 15) is 0 Å². The van der Waals surface area contributed by atoms with E-state index < -0.39 is 0 Å². The van der Waals surface area contributed by atoms with E-state index in [1.165, 1.54) is 17.8 Å². The molecule has 1 atom stereocenters. The second-order valence-corrected chi connectivity index (χ2v) is 5.12. The SMILES string of the molecule is CCc1cc(CC(CC(C)C)NC)n(CC)n1. The molecule has 0 aliphatic heterocycles. The average Bonchev–Trinajstić information content (AvgIpc) is 2.69. The quantitative estimate of drug-likeness (QED) is 0.790. The van der Waals surface area contributed by atoms with Crippen LogP contribution in [0.4, 0.5) is 0 Å². The summed E-state index contributed by atoms with van der Waals surface area (Å²) in [7, 11) is 2.06. The molecule has 17 heavy (non-hydrogen) atoms. The second-order valence-electron chi connectivity index (χ2n) is 5.12. The first-order valence-electron chi connectivity index (χ1n) is 6.83. The van der Waals surface area contributed by atoms with Crippen molar-refractivity contribution < 1.29 is 0 Å². The van der Waals surface area contributed by atoms with Crippen molar-refractivity contribution in [3.8, 4) is 0 Å². The minimum atomic E-state index is 0.557. The molecule has 1 aromatic rings. The summed E-state index contributed by atoms with van der Waals surface area (Å²) in [5, 5.41) is 8.02. The largest absolute Gasteiger partial charge is 0.317 e. The lowest BCUT2D eigenvalue weighted by Gasteiger charge is -2.18. The third-order valence-corrected chi connectivity index (χ3v) is 3.20. The van der Waals surface area contributed by atoms with Crippen LogP contribution in [-0.4, -0.2) is 22.9 Å². The number of hydrogen-bond donors (Lipinski definition) is 1. The van der Waals surface area contributed by atoms with E-state index in [4.69, 9.17) is 0 Å². The van der Waals surface area contributed by atoms with Crippen LogP contribution in [-0.2, 0) is 19.4 Å². The zero-order chi connectivity index (χ0) is 12.8. The van der Waals surface area contributed by atoms with Gasteiger partial charge in [-0.25, -0.2) is 0 Å². The van der Waals surface area contributed by atoms with Gasteiger partial charge in [0.1, 0.15) is 0 Å². The van der Waals surface area contributed by atoms with Crippen LogP contribution in [0.3, 0.4) is 0 Å². The molecule has 1 heterocycles. The minimum absolute atomic E-state index is 0.557. The smallest absolute Gasteiger partial charge is 0.0624 e. The van der Waals surface area contributed by atoms with Crippen molar-refractivity contribution in [2.45, 2.75) is 59.5 Å². The van der Waals surface area contributed by atoms with Crippen molar-refractivity contribution in [1.29, 1.82) is 0 Å². The lowest BCUT2D eigenvalue weighted by molar-refractivity contribution is 0.429. The Morgan fingerprint density at radius 1 is 1.35 bits per heavy atom. The molecular formula is C14H27N3.